The zero-order valence-electron chi connectivity index (χ0n) is 8.58. The van der Waals surface area contributed by atoms with Crippen LogP contribution in [0.5, 0.6) is 0 Å². The molecule has 1 unspecified atom stereocenters. The van der Waals surface area contributed by atoms with Crippen molar-refractivity contribution in [1.29, 1.82) is 0 Å². The van der Waals surface area contributed by atoms with E-state index in [1.165, 1.54) is 0 Å². The molecule has 0 aromatic rings. The van der Waals surface area contributed by atoms with Crippen LogP contribution in [-0.4, -0.2) is 50.8 Å². The van der Waals surface area contributed by atoms with E-state index in [1.54, 1.807) is 14.0 Å². The van der Waals surface area contributed by atoms with Gasteiger partial charge in [-0.25, -0.2) is 4.79 Å². The van der Waals surface area contributed by atoms with Gasteiger partial charge in [-0.05, 0) is 6.92 Å². The first-order chi connectivity index (χ1) is 6.66. The third-order valence-electron chi connectivity index (χ3n) is 1.32. The summed E-state index contributed by atoms with van der Waals surface area (Å²) in [5, 5.41) is 13.8. The Morgan fingerprint density at radius 1 is 1.43 bits per heavy atom. The van der Waals surface area contributed by atoms with Crippen molar-refractivity contribution in [3.8, 4) is 0 Å². The molecule has 0 saturated heterocycles. The summed E-state index contributed by atoms with van der Waals surface area (Å²) in [7, 11) is 1.58. The van der Waals surface area contributed by atoms with E-state index in [4.69, 9.17) is 14.6 Å². The summed E-state index contributed by atoms with van der Waals surface area (Å²) in [6.07, 6.45) is -0.546. The minimum absolute atomic E-state index is 0.134. The molecule has 84 valence electrons. The Labute approximate surface area is 83.6 Å². The Bertz CT molecular complexity index is 152. The summed E-state index contributed by atoms with van der Waals surface area (Å²) in [5.74, 6) is 0. The molecule has 6 heteroatoms. The standard InChI is InChI=1S/C8H18N2O4/c1-7(11)5-9-8(12)10-6-14-4-3-13-2/h7,11H,3-6H2,1-2H3,(H2,9,10,12). The maximum absolute atomic E-state index is 10.9. The molecule has 0 aliphatic rings. The zero-order chi connectivity index (χ0) is 10.8. The molecule has 0 aliphatic carbocycles. The number of methoxy groups -OCH3 is 1. The molecule has 0 heterocycles. The summed E-state index contributed by atoms with van der Waals surface area (Å²) in [5.41, 5.74) is 0. The molecule has 0 rings (SSSR count). The number of amides is 2. The third kappa shape index (κ3) is 9.24. The second kappa shape index (κ2) is 8.74. The Balaban J connectivity index is 3.18. The molecule has 0 spiro atoms. The Kier molecular flexibility index (Phi) is 8.20. The van der Waals surface area contributed by atoms with Gasteiger partial charge in [-0.15, -0.1) is 0 Å². The molecule has 1 atom stereocenters. The van der Waals surface area contributed by atoms with E-state index in [9.17, 15) is 4.79 Å². The highest BCUT2D eigenvalue weighted by atomic mass is 16.5. The van der Waals surface area contributed by atoms with E-state index < -0.39 is 6.10 Å². The van der Waals surface area contributed by atoms with E-state index in [1.807, 2.05) is 0 Å². The van der Waals surface area contributed by atoms with E-state index in [2.05, 4.69) is 10.6 Å². The monoisotopic (exact) mass is 206 g/mol. The van der Waals surface area contributed by atoms with Crippen molar-refractivity contribution in [1.82, 2.24) is 10.6 Å². The van der Waals surface area contributed by atoms with Gasteiger partial charge in [0, 0.05) is 13.7 Å². The van der Waals surface area contributed by atoms with Gasteiger partial charge in [0.2, 0.25) is 0 Å². The summed E-state index contributed by atoms with van der Waals surface area (Å²) < 4.78 is 9.73. The molecule has 0 fully saturated rings. The van der Waals surface area contributed by atoms with Crippen LogP contribution < -0.4 is 10.6 Å². The van der Waals surface area contributed by atoms with E-state index in [0.717, 1.165) is 0 Å². The van der Waals surface area contributed by atoms with Crippen molar-refractivity contribution in [3.63, 3.8) is 0 Å². The van der Waals surface area contributed by atoms with Gasteiger partial charge in [0.1, 0.15) is 6.73 Å². The van der Waals surface area contributed by atoms with Gasteiger partial charge in [-0.2, -0.15) is 0 Å². The summed E-state index contributed by atoms with van der Waals surface area (Å²) >= 11 is 0. The highest BCUT2D eigenvalue weighted by Crippen LogP contribution is 1.76. The van der Waals surface area contributed by atoms with Crippen molar-refractivity contribution < 1.29 is 19.4 Å². The Morgan fingerprint density at radius 2 is 2.14 bits per heavy atom. The van der Waals surface area contributed by atoms with Gasteiger partial charge in [0.15, 0.2) is 0 Å². The fraction of sp³-hybridized carbons (Fsp3) is 0.875. The number of hydrogen-bond donors (Lipinski definition) is 3. The first-order valence-corrected chi connectivity index (χ1v) is 4.43. The molecule has 14 heavy (non-hydrogen) atoms. The SMILES string of the molecule is COCCOCNC(=O)NCC(C)O. The molecular weight excluding hydrogens is 188 g/mol. The number of carbonyl (C=O) groups excluding carboxylic acids is 1. The van der Waals surface area contributed by atoms with Gasteiger partial charge >= 0.3 is 6.03 Å². The summed E-state index contributed by atoms with van der Waals surface area (Å²) in [6.45, 7) is 2.89. The van der Waals surface area contributed by atoms with Gasteiger partial charge in [0.05, 0.1) is 19.3 Å². The molecule has 2 amide bonds. The molecule has 0 saturated carbocycles. The summed E-state index contributed by atoms with van der Waals surface area (Å²) in [6, 6.07) is -0.358. The minimum Gasteiger partial charge on any atom is -0.392 e. The molecule has 0 aromatic heterocycles. The number of nitrogens with one attached hydrogen (secondary N) is 2. The van der Waals surface area contributed by atoms with E-state index in [-0.39, 0.29) is 19.3 Å². The maximum Gasteiger partial charge on any atom is 0.316 e. The predicted molar refractivity (Wildman–Crippen MR) is 50.9 cm³/mol. The lowest BCUT2D eigenvalue weighted by Gasteiger charge is -2.09. The summed E-state index contributed by atoms with van der Waals surface area (Å²) in [4.78, 5) is 10.9. The number of hydrogen-bond acceptors (Lipinski definition) is 4. The second-order valence-corrected chi connectivity index (χ2v) is 2.78. The zero-order valence-corrected chi connectivity index (χ0v) is 8.58. The molecule has 0 bridgehead atoms. The van der Waals surface area contributed by atoms with Crippen molar-refractivity contribution in [2.75, 3.05) is 33.6 Å². The van der Waals surface area contributed by atoms with Gasteiger partial charge in [-0.3, -0.25) is 0 Å². The van der Waals surface area contributed by atoms with Crippen LogP contribution >= 0.6 is 0 Å². The first-order valence-electron chi connectivity index (χ1n) is 4.43. The van der Waals surface area contributed by atoms with Crippen LogP contribution in [0.4, 0.5) is 4.79 Å². The smallest absolute Gasteiger partial charge is 0.316 e. The average Bonchev–Trinajstić information content (AvgIpc) is 2.14. The van der Waals surface area contributed by atoms with Crippen LogP contribution in [0.2, 0.25) is 0 Å². The quantitative estimate of drug-likeness (QED) is 0.379. The van der Waals surface area contributed by atoms with E-state index >= 15 is 0 Å². The van der Waals surface area contributed by atoms with Crippen molar-refractivity contribution in [2.24, 2.45) is 0 Å². The molecule has 3 N–H and O–H groups in total. The van der Waals surface area contributed by atoms with Crippen LogP contribution in [0.3, 0.4) is 0 Å². The number of urea groups is 1. The lowest BCUT2D eigenvalue weighted by Crippen LogP contribution is -2.40. The lowest BCUT2D eigenvalue weighted by atomic mass is 10.4. The largest absolute Gasteiger partial charge is 0.392 e. The van der Waals surface area contributed by atoms with Crippen molar-refractivity contribution >= 4 is 6.03 Å². The number of carbonyl (C=O) groups is 1. The Morgan fingerprint density at radius 3 is 2.71 bits per heavy atom. The van der Waals surface area contributed by atoms with Crippen LogP contribution in [-0.2, 0) is 9.47 Å². The normalized spacial score (nSPS) is 12.2. The minimum atomic E-state index is -0.546. The number of aliphatic hydroxyl groups excluding tert-OH is 1. The lowest BCUT2D eigenvalue weighted by molar-refractivity contribution is 0.0640. The highest BCUT2D eigenvalue weighted by molar-refractivity contribution is 5.73. The van der Waals surface area contributed by atoms with Crippen LogP contribution in [0.25, 0.3) is 0 Å². The second-order valence-electron chi connectivity index (χ2n) is 2.78. The van der Waals surface area contributed by atoms with Crippen LogP contribution in [0, 0.1) is 0 Å². The van der Waals surface area contributed by atoms with Crippen LogP contribution in [0.15, 0.2) is 0 Å². The first kappa shape index (κ1) is 13.2. The van der Waals surface area contributed by atoms with Crippen molar-refractivity contribution in [2.45, 2.75) is 13.0 Å². The van der Waals surface area contributed by atoms with Gasteiger partial charge in [0.25, 0.3) is 0 Å². The number of rotatable bonds is 7. The fourth-order valence-electron chi connectivity index (χ4n) is 0.634. The van der Waals surface area contributed by atoms with Gasteiger partial charge < -0.3 is 25.2 Å². The number of ether oxygens (including phenoxy) is 2. The van der Waals surface area contributed by atoms with Gasteiger partial charge in [-0.1, -0.05) is 0 Å². The number of aliphatic hydroxyl groups is 1. The Hall–Kier alpha value is -0.850. The molecule has 0 aromatic carbocycles. The maximum atomic E-state index is 10.9. The van der Waals surface area contributed by atoms with Crippen molar-refractivity contribution in [3.05, 3.63) is 0 Å². The molecule has 6 nitrogen and oxygen atoms in total. The molecular formula is C8H18N2O4. The third-order valence-corrected chi connectivity index (χ3v) is 1.32. The molecule has 0 aliphatic heterocycles. The average molecular weight is 206 g/mol. The van der Waals surface area contributed by atoms with Crippen LogP contribution in [0.1, 0.15) is 6.92 Å². The topological polar surface area (TPSA) is 79.8 Å². The highest BCUT2D eigenvalue weighted by Gasteiger charge is 2.00. The fourth-order valence-corrected chi connectivity index (χ4v) is 0.634. The predicted octanol–water partition coefficient (Wildman–Crippen LogP) is -0.713. The molecule has 0 radical (unpaired) electrons. The van der Waals surface area contributed by atoms with E-state index in [0.29, 0.717) is 13.2 Å².